The Morgan fingerprint density at radius 1 is 0.971 bits per heavy atom. The number of carbonyl (C=O) groups excluding carboxylic acids is 2. The Hall–Kier alpha value is -3.55. The molecule has 0 saturated heterocycles. The van der Waals surface area contributed by atoms with Gasteiger partial charge in [-0.15, -0.1) is 0 Å². The average molecular weight is 492 g/mol. The largest absolute Gasteiger partial charge is 0.493 e. The number of imide groups is 1. The van der Waals surface area contributed by atoms with Gasteiger partial charge in [0.2, 0.25) is 0 Å². The zero-order chi connectivity index (χ0) is 24.9. The number of rotatable bonds is 7. The van der Waals surface area contributed by atoms with Crippen molar-refractivity contribution in [3.8, 4) is 22.6 Å². The van der Waals surface area contributed by atoms with Gasteiger partial charge in [-0.3, -0.25) is 14.9 Å². The van der Waals surface area contributed by atoms with E-state index in [0.29, 0.717) is 50.8 Å². The van der Waals surface area contributed by atoms with Gasteiger partial charge in [0, 0.05) is 41.0 Å². The van der Waals surface area contributed by atoms with Gasteiger partial charge in [-0.1, -0.05) is 29.8 Å². The summed E-state index contributed by atoms with van der Waals surface area (Å²) in [5.74, 6) is 0.364. The van der Waals surface area contributed by atoms with Crippen LogP contribution in [0.3, 0.4) is 0 Å². The lowest BCUT2D eigenvalue weighted by Crippen LogP contribution is -2.20. The summed E-state index contributed by atoms with van der Waals surface area (Å²) in [4.78, 5) is 28.0. The summed E-state index contributed by atoms with van der Waals surface area (Å²) >= 11 is 6.50. The predicted molar refractivity (Wildman–Crippen MR) is 138 cm³/mol. The third-order valence-electron chi connectivity index (χ3n) is 6.43. The quantitative estimate of drug-likeness (QED) is 0.295. The molecule has 1 N–H and O–H groups in total. The van der Waals surface area contributed by atoms with Crippen LogP contribution in [-0.2, 0) is 7.05 Å². The molecule has 0 radical (unpaired) electrons. The van der Waals surface area contributed by atoms with Gasteiger partial charge >= 0.3 is 0 Å². The molecule has 2 amide bonds. The molecular weight excluding hydrogens is 466 g/mol. The van der Waals surface area contributed by atoms with Crippen LogP contribution in [0.4, 0.5) is 0 Å². The number of aromatic nitrogens is 1. The Labute approximate surface area is 208 Å². The van der Waals surface area contributed by atoms with E-state index in [4.69, 9.17) is 21.1 Å². The maximum Gasteiger partial charge on any atom is 0.259 e. The number of benzene rings is 3. The Kier molecular flexibility index (Phi) is 5.91. The Morgan fingerprint density at radius 3 is 2.43 bits per heavy atom. The number of amides is 2. The van der Waals surface area contributed by atoms with Gasteiger partial charge in [0.05, 0.1) is 35.9 Å². The molecule has 0 atom stereocenters. The molecule has 8 heteroatoms. The van der Waals surface area contributed by atoms with Crippen molar-refractivity contribution >= 4 is 45.2 Å². The summed E-state index contributed by atoms with van der Waals surface area (Å²) in [5.41, 5.74) is 3.70. The second-order valence-electron chi connectivity index (χ2n) is 8.92. The molecule has 5 rings (SSSR count). The van der Waals surface area contributed by atoms with E-state index in [1.807, 2.05) is 62.1 Å². The van der Waals surface area contributed by atoms with Gasteiger partial charge in [-0.25, -0.2) is 0 Å². The first-order chi connectivity index (χ1) is 16.8. The third-order valence-corrected chi connectivity index (χ3v) is 6.76. The van der Waals surface area contributed by atoms with E-state index >= 15 is 0 Å². The fraction of sp³-hybridized carbons (Fsp3) is 0.259. The first-order valence-electron chi connectivity index (χ1n) is 11.4. The number of fused-ring (bicyclic) bond motifs is 5. The second-order valence-corrected chi connectivity index (χ2v) is 9.32. The average Bonchev–Trinajstić information content (AvgIpc) is 3.28. The molecule has 0 spiro atoms. The molecule has 1 aliphatic rings. The van der Waals surface area contributed by atoms with Gasteiger partial charge in [-0.2, -0.15) is 0 Å². The van der Waals surface area contributed by atoms with Crippen LogP contribution in [0.25, 0.3) is 32.9 Å². The van der Waals surface area contributed by atoms with Crippen LogP contribution in [0.1, 0.15) is 27.1 Å². The monoisotopic (exact) mass is 491 g/mol. The molecule has 0 saturated carbocycles. The second kappa shape index (κ2) is 8.91. The maximum absolute atomic E-state index is 13.0. The van der Waals surface area contributed by atoms with Gasteiger partial charge in [0.25, 0.3) is 11.8 Å². The molecular formula is C27H26ClN3O4. The van der Waals surface area contributed by atoms with Crippen LogP contribution in [0.15, 0.2) is 42.5 Å². The molecule has 0 bridgehead atoms. The van der Waals surface area contributed by atoms with E-state index in [0.717, 1.165) is 29.4 Å². The molecule has 0 aliphatic carbocycles. The smallest absolute Gasteiger partial charge is 0.259 e. The normalized spacial score (nSPS) is 13.1. The van der Waals surface area contributed by atoms with E-state index in [-0.39, 0.29) is 0 Å². The van der Waals surface area contributed by atoms with Gasteiger partial charge in [0.1, 0.15) is 0 Å². The first kappa shape index (κ1) is 23.2. The molecule has 2 heterocycles. The fourth-order valence-corrected chi connectivity index (χ4v) is 5.02. The number of carbonyl (C=O) groups is 2. The summed E-state index contributed by atoms with van der Waals surface area (Å²) in [6.45, 7) is 1.46. The summed E-state index contributed by atoms with van der Waals surface area (Å²) in [6.07, 6.45) is 0.875. The van der Waals surface area contributed by atoms with Crippen molar-refractivity contribution in [1.82, 2.24) is 14.8 Å². The van der Waals surface area contributed by atoms with Crippen molar-refractivity contribution in [2.75, 3.05) is 34.4 Å². The van der Waals surface area contributed by atoms with E-state index in [1.54, 1.807) is 13.2 Å². The molecule has 35 heavy (non-hydrogen) atoms. The van der Waals surface area contributed by atoms with Crippen molar-refractivity contribution < 1.29 is 19.1 Å². The lowest BCUT2D eigenvalue weighted by atomic mass is 9.93. The van der Waals surface area contributed by atoms with Gasteiger partial charge in [-0.05, 0) is 44.3 Å². The highest BCUT2D eigenvalue weighted by Gasteiger charge is 2.35. The summed E-state index contributed by atoms with van der Waals surface area (Å²) in [6, 6.07) is 13.1. The Morgan fingerprint density at radius 2 is 1.71 bits per heavy atom. The molecule has 7 nitrogen and oxygen atoms in total. The number of nitrogens with one attached hydrogen (secondary N) is 1. The SMILES string of the molecule is COc1cc2c3c4c(c(-c5ccccc5Cl)cc3n(C)c2cc1OCCCN(C)C)C(=O)NC4=O. The Balaban J connectivity index is 1.76. The highest BCUT2D eigenvalue weighted by atomic mass is 35.5. The van der Waals surface area contributed by atoms with Gasteiger partial charge in [0.15, 0.2) is 11.5 Å². The highest BCUT2D eigenvalue weighted by molar-refractivity contribution is 6.36. The minimum Gasteiger partial charge on any atom is -0.493 e. The molecule has 4 aromatic rings. The standard InChI is InChI=1S/C27H26ClN3O4/c1-30(2)10-7-11-35-22-14-19-17(13-21(22)34-4)23-20(31(19)3)12-16(15-8-5-6-9-18(15)28)24-25(23)27(33)29-26(24)32/h5-6,8-9,12-14H,7,10-11H2,1-4H3,(H,29,32,33). The number of halogens is 1. The van der Waals surface area contributed by atoms with Crippen molar-refractivity contribution in [1.29, 1.82) is 0 Å². The van der Waals surface area contributed by atoms with Crippen molar-refractivity contribution in [3.05, 3.63) is 58.6 Å². The number of hydrogen-bond donors (Lipinski definition) is 1. The molecule has 1 aromatic heterocycles. The number of hydrogen-bond acceptors (Lipinski definition) is 5. The molecule has 180 valence electrons. The third kappa shape index (κ3) is 3.81. The van der Waals surface area contributed by atoms with Crippen LogP contribution in [-0.4, -0.2) is 55.6 Å². The maximum atomic E-state index is 13.0. The van der Waals surface area contributed by atoms with E-state index in [1.165, 1.54) is 0 Å². The topological polar surface area (TPSA) is 72.8 Å². The fourth-order valence-electron chi connectivity index (χ4n) is 4.78. The Bertz CT molecular complexity index is 1510. The lowest BCUT2D eigenvalue weighted by molar-refractivity contribution is 0.0880. The van der Waals surface area contributed by atoms with Crippen LogP contribution < -0.4 is 14.8 Å². The van der Waals surface area contributed by atoms with E-state index in [2.05, 4.69) is 10.2 Å². The van der Waals surface area contributed by atoms with Crippen LogP contribution in [0.2, 0.25) is 5.02 Å². The van der Waals surface area contributed by atoms with Crippen LogP contribution >= 0.6 is 11.6 Å². The van der Waals surface area contributed by atoms with Crippen molar-refractivity contribution in [2.24, 2.45) is 7.05 Å². The van der Waals surface area contributed by atoms with Crippen molar-refractivity contribution in [2.45, 2.75) is 6.42 Å². The van der Waals surface area contributed by atoms with E-state index in [9.17, 15) is 9.59 Å². The summed E-state index contributed by atoms with van der Waals surface area (Å²) in [7, 11) is 7.58. The summed E-state index contributed by atoms with van der Waals surface area (Å²) < 4.78 is 13.7. The minimum atomic E-state index is -0.424. The molecule has 0 unspecified atom stereocenters. The minimum absolute atomic E-state index is 0.339. The van der Waals surface area contributed by atoms with Crippen LogP contribution in [0, 0.1) is 0 Å². The predicted octanol–water partition coefficient (Wildman–Crippen LogP) is 4.87. The zero-order valence-corrected chi connectivity index (χ0v) is 20.8. The molecule has 1 aliphatic heterocycles. The van der Waals surface area contributed by atoms with Crippen LogP contribution in [0.5, 0.6) is 11.5 Å². The lowest BCUT2D eigenvalue weighted by Gasteiger charge is -2.13. The van der Waals surface area contributed by atoms with Gasteiger partial charge < -0.3 is 18.9 Å². The van der Waals surface area contributed by atoms with E-state index < -0.39 is 11.8 Å². The molecule has 0 fully saturated rings. The number of methoxy groups -OCH3 is 1. The first-order valence-corrected chi connectivity index (χ1v) is 11.7. The number of ether oxygens (including phenoxy) is 2. The van der Waals surface area contributed by atoms with Crippen molar-refractivity contribution in [3.63, 3.8) is 0 Å². The summed E-state index contributed by atoms with van der Waals surface area (Å²) in [5, 5.41) is 4.50. The number of aryl methyl sites for hydroxylation is 1. The highest BCUT2D eigenvalue weighted by Crippen LogP contribution is 2.44. The molecule has 3 aromatic carbocycles. The number of nitrogens with zero attached hydrogens (tertiary/aromatic N) is 2. The zero-order valence-electron chi connectivity index (χ0n) is 20.1.